The third kappa shape index (κ3) is 2.31. The highest BCUT2D eigenvalue weighted by Crippen LogP contribution is 2.66. The Kier molecular flexibility index (Phi) is 4.16. The van der Waals surface area contributed by atoms with Crippen molar-refractivity contribution in [1.82, 2.24) is 0 Å². The van der Waals surface area contributed by atoms with E-state index in [9.17, 15) is 14.7 Å². The number of rotatable bonds is 2. The van der Waals surface area contributed by atoms with E-state index in [-0.39, 0.29) is 29.2 Å². The molecule has 0 spiro atoms. The molecule has 0 aliphatic heterocycles. The summed E-state index contributed by atoms with van der Waals surface area (Å²) in [4.78, 5) is 22.8. The summed E-state index contributed by atoms with van der Waals surface area (Å²) in [6.07, 6.45) is 9.83. The number of fused-ring (bicyclic) bond motifs is 5. The predicted molar refractivity (Wildman–Crippen MR) is 98.7 cm³/mol. The average Bonchev–Trinajstić information content (AvgIpc) is 2.93. The third-order valence-corrected chi connectivity index (χ3v) is 8.40. The van der Waals surface area contributed by atoms with Gasteiger partial charge in [0.2, 0.25) is 0 Å². The van der Waals surface area contributed by atoms with Gasteiger partial charge in [-0.25, -0.2) is 0 Å². The first kappa shape index (κ1) is 18.2. The van der Waals surface area contributed by atoms with Crippen LogP contribution in [-0.4, -0.2) is 33.4 Å². The molecule has 0 heterocycles. The zero-order valence-electron chi connectivity index (χ0n) is 15.5. The van der Waals surface area contributed by atoms with Gasteiger partial charge in [0.1, 0.15) is 11.7 Å². The molecule has 0 bridgehead atoms. The lowest BCUT2D eigenvalue weighted by molar-refractivity contribution is -0.159. The second-order valence-electron chi connectivity index (χ2n) is 8.70. The van der Waals surface area contributed by atoms with Crippen LogP contribution in [0.4, 0.5) is 0 Å². The van der Waals surface area contributed by atoms with Gasteiger partial charge < -0.3 is 9.84 Å². The van der Waals surface area contributed by atoms with Gasteiger partial charge in [-0.15, -0.1) is 11.6 Å². The fourth-order valence-electron chi connectivity index (χ4n) is 6.15. The number of ketones is 1. The van der Waals surface area contributed by atoms with E-state index in [4.69, 9.17) is 16.3 Å². The second kappa shape index (κ2) is 5.93. The molecule has 26 heavy (non-hydrogen) atoms. The van der Waals surface area contributed by atoms with Crippen LogP contribution in [0.1, 0.15) is 58.8 Å². The Morgan fingerprint density at radius 3 is 2.81 bits per heavy atom. The average molecular weight is 379 g/mol. The van der Waals surface area contributed by atoms with Gasteiger partial charge in [0.15, 0.2) is 5.78 Å². The van der Waals surface area contributed by atoms with Gasteiger partial charge in [-0.3, -0.25) is 9.59 Å². The molecule has 0 radical (unpaired) electrons. The normalized spacial score (nSPS) is 46.8. The predicted octanol–water partition coefficient (Wildman–Crippen LogP) is 3.70. The maximum absolute atomic E-state index is 11.9. The number of carbonyl (C=O) groups is 2. The minimum Gasteiger partial charge on any atom is -0.462 e. The first-order valence-electron chi connectivity index (χ1n) is 9.79. The highest BCUT2D eigenvalue weighted by Gasteiger charge is 2.67. The summed E-state index contributed by atoms with van der Waals surface area (Å²) in [6.45, 7) is 4.05. The van der Waals surface area contributed by atoms with Crippen molar-refractivity contribution in [3.8, 4) is 0 Å². The highest BCUT2D eigenvalue weighted by molar-refractivity contribution is 6.26. The maximum Gasteiger partial charge on any atom is 0.305 e. The Balaban J connectivity index is 1.66. The van der Waals surface area contributed by atoms with Crippen LogP contribution in [0.15, 0.2) is 23.8 Å². The summed E-state index contributed by atoms with van der Waals surface area (Å²) in [5.41, 5.74) is -0.573. The molecule has 3 fully saturated rings. The Morgan fingerprint density at radius 2 is 2.08 bits per heavy atom. The monoisotopic (exact) mass is 378 g/mol. The van der Waals surface area contributed by atoms with Gasteiger partial charge in [-0.2, -0.15) is 0 Å². The molecule has 5 heteroatoms. The van der Waals surface area contributed by atoms with E-state index in [1.54, 1.807) is 12.2 Å². The number of alkyl halides is 1. The Labute approximate surface area is 159 Å². The summed E-state index contributed by atoms with van der Waals surface area (Å²) < 4.78 is 5.78. The number of ether oxygens (including phenoxy) is 1. The molecule has 0 amide bonds. The van der Waals surface area contributed by atoms with Crippen molar-refractivity contribution < 1.29 is 19.4 Å². The van der Waals surface area contributed by atoms with Crippen molar-refractivity contribution in [3.63, 3.8) is 0 Å². The number of carbonyl (C=O) groups excluding carboxylic acids is 2. The smallest absolute Gasteiger partial charge is 0.305 e. The lowest BCUT2D eigenvalue weighted by atomic mass is 9.51. The number of hydrogen-bond acceptors (Lipinski definition) is 4. The Hall–Kier alpha value is -1.13. The molecule has 0 aromatic heterocycles. The zero-order valence-corrected chi connectivity index (χ0v) is 16.2. The molecule has 4 aliphatic carbocycles. The summed E-state index contributed by atoms with van der Waals surface area (Å²) in [5, 5.41) is 11.5. The van der Waals surface area contributed by atoms with Crippen molar-refractivity contribution in [3.05, 3.63) is 23.8 Å². The van der Waals surface area contributed by atoms with Crippen LogP contribution < -0.4 is 0 Å². The quantitative estimate of drug-likeness (QED) is 0.587. The van der Waals surface area contributed by atoms with E-state index in [2.05, 4.69) is 6.92 Å². The van der Waals surface area contributed by atoms with Gasteiger partial charge in [-0.05, 0) is 74.2 Å². The lowest BCUT2D eigenvalue weighted by Gasteiger charge is -2.60. The number of halogens is 1. The van der Waals surface area contributed by atoms with Gasteiger partial charge in [0.05, 0.1) is 4.87 Å². The molecule has 0 aromatic rings. The van der Waals surface area contributed by atoms with Gasteiger partial charge in [-0.1, -0.05) is 13.8 Å². The molecule has 1 N–H and O–H groups in total. The minimum atomic E-state index is -1.25. The van der Waals surface area contributed by atoms with Crippen molar-refractivity contribution in [1.29, 1.82) is 0 Å². The van der Waals surface area contributed by atoms with E-state index in [0.717, 1.165) is 31.3 Å². The molecule has 4 rings (SSSR count). The van der Waals surface area contributed by atoms with Crippen LogP contribution in [0.5, 0.6) is 0 Å². The lowest BCUT2D eigenvalue weighted by Crippen LogP contribution is -2.64. The molecule has 6 atom stereocenters. The van der Waals surface area contributed by atoms with E-state index in [1.807, 2.05) is 6.92 Å². The first-order chi connectivity index (χ1) is 12.2. The molecular formula is C21H27ClO4. The van der Waals surface area contributed by atoms with E-state index in [0.29, 0.717) is 25.2 Å². The summed E-state index contributed by atoms with van der Waals surface area (Å²) in [6, 6.07) is 0. The highest BCUT2D eigenvalue weighted by atomic mass is 35.5. The molecule has 4 unspecified atom stereocenters. The van der Waals surface area contributed by atoms with Crippen LogP contribution in [0, 0.1) is 17.3 Å². The topological polar surface area (TPSA) is 63.6 Å². The molecule has 4 nitrogen and oxygen atoms in total. The van der Waals surface area contributed by atoms with Crippen LogP contribution >= 0.6 is 11.6 Å². The third-order valence-electron chi connectivity index (χ3n) is 7.64. The first-order valence-corrected chi connectivity index (χ1v) is 10.2. The second-order valence-corrected chi connectivity index (χ2v) is 9.38. The number of hydrogen-bond donors (Lipinski definition) is 1. The Bertz CT molecular complexity index is 713. The molecular weight excluding hydrogens is 352 g/mol. The Morgan fingerprint density at radius 1 is 1.31 bits per heavy atom. The van der Waals surface area contributed by atoms with Crippen molar-refractivity contribution >= 4 is 23.4 Å². The number of allylic oxidation sites excluding steroid dienone is 2. The number of aliphatic hydroxyl groups is 1. The maximum atomic E-state index is 11.9. The van der Waals surface area contributed by atoms with E-state index < -0.39 is 10.5 Å². The van der Waals surface area contributed by atoms with Gasteiger partial charge >= 0.3 is 5.97 Å². The van der Waals surface area contributed by atoms with E-state index in [1.165, 1.54) is 6.08 Å². The molecule has 0 aromatic carbocycles. The zero-order chi connectivity index (χ0) is 18.7. The summed E-state index contributed by atoms with van der Waals surface area (Å²) in [5.74, 6) is 0.255. The molecule has 3 saturated carbocycles. The molecule has 142 valence electrons. The SMILES string of the molecule is CCC(=O)OC1CCC2C3CCC4=CC(=O)C=C[C@]4(O)C3(Cl)CC[C@]12C. The van der Waals surface area contributed by atoms with Crippen LogP contribution in [0.25, 0.3) is 0 Å². The number of esters is 1. The summed E-state index contributed by atoms with van der Waals surface area (Å²) in [7, 11) is 0. The van der Waals surface area contributed by atoms with Gasteiger partial charge in [0, 0.05) is 11.8 Å². The molecule has 4 aliphatic rings. The van der Waals surface area contributed by atoms with Crippen LogP contribution in [0.3, 0.4) is 0 Å². The minimum absolute atomic E-state index is 0.0591. The fraction of sp³-hybridized carbons (Fsp3) is 0.714. The van der Waals surface area contributed by atoms with Crippen LogP contribution in [-0.2, 0) is 14.3 Å². The fourth-order valence-corrected chi connectivity index (χ4v) is 6.69. The summed E-state index contributed by atoms with van der Waals surface area (Å²) >= 11 is 7.19. The largest absolute Gasteiger partial charge is 0.462 e. The van der Waals surface area contributed by atoms with E-state index >= 15 is 0 Å². The van der Waals surface area contributed by atoms with Crippen LogP contribution in [0.2, 0.25) is 0 Å². The standard InChI is InChI=1S/C21H27ClO4/c1-3-18(24)26-17-7-6-15-16-5-4-13-12-14(23)8-9-21(13,25)20(16,22)11-10-19(15,17)2/h8-9,12,15-17,25H,3-7,10-11H2,1-2H3/t15?,16?,17?,19-,20?,21+/m0/s1. The van der Waals surface area contributed by atoms with Crippen molar-refractivity contribution in [2.24, 2.45) is 17.3 Å². The molecule has 0 saturated heterocycles. The van der Waals surface area contributed by atoms with Crippen molar-refractivity contribution in [2.45, 2.75) is 75.4 Å². The van der Waals surface area contributed by atoms with Crippen molar-refractivity contribution in [2.75, 3.05) is 0 Å². The van der Waals surface area contributed by atoms with Gasteiger partial charge in [0.25, 0.3) is 0 Å².